The Morgan fingerprint density at radius 3 is 2.67 bits per heavy atom. The first-order chi connectivity index (χ1) is 8.74. The van der Waals surface area contributed by atoms with Gasteiger partial charge in [0, 0.05) is 18.7 Å². The van der Waals surface area contributed by atoms with Crippen molar-refractivity contribution >= 4 is 24.2 Å². The van der Waals surface area contributed by atoms with Crippen LogP contribution in [0.25, 0.3) is 0 Å². The van der Waals surface area contributed by atoms with E-state index in [1.165, 1.54) is 24.8 Å². The Hall–Kier alpha value is -0.960. The van der Waals surface area contributed by atoms with Gasteiger partial charge in [-0.05, 0) is 42.1 Å². The summed E-state index contributed by atoms with van der Waals surface area (Å²) in [6.07, 6.45) is 5.24. The molecule has 1 saturated carbocycles. The van der Waals surface area contributed by atoms with Crippen molar-refractivity contribution in [1.82, 2.24) is 0 Å². The van der Waals surface area contributed by atoms with Crippen molar-refractivity contribution in [2.45, 2.75) is 32.1 Å². The average molecular weight is 261 g/mol. The number of amides is 1. The first-order valence-corrected chi connectivity index (χ1v) is 7.36. The van der Waals surface area contributed by atoms with Crippen LogP contribution in [-0.4, -0.2) is 18.2 Å². The molecule has 0 radical (unpaired) electrons. The molecule has 18 heavy (non-hydrogen) atoms. The van der Waals surface area contributed by atoms with Crippen LogP contribution in [0, 0.1) is 5.41 Å². The number of carbonyl (C=O) groups is 1. The molecule has 3 rings (SSSR count). The van der Waals surface area contributed by atoms with Gasteiger partial charge >= 0.3 is 0 Å². The first kappa shape index (κ1) is 12.1. The van der Waals surface area contributed by atoms with Crippen LogP contribution >= 0.6 is 12.6 Å². The third kappa shape index (κ3) is 1.95. The predicted octanol–water partition coefficient (Wildman–Crippen LogP) is 3.07. The Labute approximate surface area is 114 Å². The summed E-state index contributed by atoms with van der Waals surface area (Å²) in [5.74, 6) is 1.17. The average Bonchev–Trinajstić information content (AvgIpc) is 2.36. The van der Waals surface area contributed by atoms with Crippen molar-refractivity contribution < 1.29 is 4.79 Å². The number of carbonyl (C=O) groups excluding carboxylic acids is 1. The number of nitrogens with zero attached hydrogens (tertiary/aromatic N) is 1. The highest BCUT2D eigenvalue weighted by Crippen LogP contribution is 2.44. The number of rotatable bonds is 3. The van der Waals surface area contributed by atoms with E-state index in [2.05, 4.69) is 30.8 Å². The molecule has 0 spiro atoms. The van der Waals surface area contributed by atoms with Crippen LogP contribution in [-0.2, 0) is 11.2 Å². The normalized spacial score (nSPS) is 21.4. The molecule has 1 aliphatic carbocycles. The van der Waals surface area contributed by atoms with Crippen LogP contribution in [0.4, 0.5) is 5.69 Å². The predicted molar refractivity (Wildman–Crippen MR) is 77.3 cm³/mol. The van der Waals surface area contributed by atoms with Gasteiger partial charge < -0.3 is 4.90 Å². The number of thiol groups is 1. The standard InChI is InChI=1S/C15H19NOS/c17-14-7-6-12-4-1-2-5-13(12)16(14)10-15(11-18)8-3-9-15/h1-2,4-5,18H,3,6-11H2. The molecular weight excluding hydrogens is 242 g/mol. The Bertz CT molecular complexity index is 462. The van der Waals surface area contributed by atoms with Gasteiger partial charge in [0.2, 0.25) is 5.91 Å². The van der Waals surface area contributed by atoms with E-state index in [1.807, 2.05) is 11.0 Å². The van der Waals surface area contributed by atoms with Gasteiger partial charge in [0.25, 0.3) is 0 Å². The fraction of sp³-hybridized carbons (Fsp3) is 0.533. The SMILES string of the molecule is O=C1CCc2ccccc2N1CC1(CS)CCC1. The summed E-state index contributed by atoms with van der Waals surface area (Å²) < 4.78 is 0. The highest BCUT2D eigenvalue weighted by atomic mass is 32.1. The van der Waals surface area contributed by atoms with Crippen molar-refractivity contribution in [1.29, 1.82) is 0 Å². The van der Waals surface area contributed by atoms with E-state index in [-0.39, 0.29) is 11.3 Å². The lowest BCUT2D eigenvalue weighted by Gasteiger charge is -2.45. The highest BCUT2D eigenvalue weighted by Gasteiger charge is 2.39. The van der Waals surface area contributed by atoms with Gasteiger partial charge in [-0.15, -0.1) is 0 Å². The third-order valence-corrected chi connectivity index (χ3v) is 5.11. The summed E-state index contributed by atoms with van der Waals surface area (Å²) >= 11 is 4.49. The molecule has 0 bridgehead atoms. The lowest BCUT2D eigenvalue weighted by atomic mass is 9.69. The monoisotopic (exact) mass is 261 g/mol. The molecule has 0 saturated heterocycles. The molecule has 2 aliphatic rings. The second-order valence-corrected chi connectivity index (χ2v) is 5.94. The zero-order valence-corrected chi connectivity index (χ0v) is 11.5. The minimum Gasteiger partial charge on any atom is -0.312 e. The van der Waals surface area contributed by atoms with E-state index >= 15 is 0 Å². The smallest absolute Gasteiger partial charge is 0.227 e. The second-order valence-electron chi connectivity index (χ2n) is 5.62. The molecule has 96 valence electrons. The summed E-state index contributed by atoms with van der Waals surface area (Å²) in [6.45, 7) is 0.854. The van der Waals surface area contributed by atoms with Crippen LogP contribution in [0.2, 0.25) is 0 Å². The molecule has 0 unspecified atom stereocenters. The number of hydrogen-bond donors (Lipinski definition) is 1. The number of fused-ring (bicyclic) bond motifs is 1. The maximum absolute atomic E-state index is 12.2. The van der Waals surface area contributed by atoms with Gasteiger partial charge in [0.15, 0.2) is 0 Å². The number of aryl methyl sites for hydroxylation is 1. The van der Waals surface area contributed by atoms with Gasteiger partial charge in [-0.2, -0.15) is 12.6 Å². The van der Waals surface area contributed by atoms with Crippen LogP contribution in [0.15, 0.2) is 24.3 Å². The zero-order chi connectivity index (χ0) is 12.6. The summed E-state index contributed by atoms with van der Waals surface area (Å²) in [5.41, 5.74) is 2.70. The van der Waals surface area contributed by atoms with Crippen molar-refractivity contribution in [3.8, 4) is 0 Å². The van der Waals surface area contributed by atoms with E-state index in [9.17, 15) is 4.79 Å². The molecule has 3 heteroatoms. The molecular formula is C15H19NOS. The molecule has 0 atom stereocenters. The van der Waals surface area contributed by atoms with Gasteiger partial charge in [0.05, 0.1) is 0 Å². The molecule has 2 nitrogen and oxygen atoms in total. The molecule has 1 heterocycles. The number of hydrogen-bond acceptors (Lipinski definition) is 2. The fourth-order valence-electron chi connectivity index (χ4n) is 3.05. The van der Waals surface area contributed by atoms with Gasteiger partial charge in [0.1, 0.15) is 0 Å². The Kier molecular flexibility index (Phi) is 3.10. The molecule has 1 aliphatic heterocycles. The minimum absolute atomic E-state index is 0.267. The molecule has 0 N–H and O–H groups in total. The molecule has 1 amide bonds. The molecule has 1 aromatic rings. The van der Waals surface area contributed by atoms with Crippen molar-refractivity contribution in [2.24, 2.45) is 5.41 Å². The van der Waals surface area contributed by atoms with E-state index in [0.717, 1.165) is 24.4 Å². The molecule has 1 aromatic carbocycles. The Morgan fingerprint density at radius 2 is 2.00 bits per heavy atom. The van der Waals surface area contributed by atoms with Crippen molar-refractivity contribution in [3.63, 3.8) is 0 Å². The fourth-order valence-corrected chi connectivity index (χ4v) is 3.46. The topological polar surface area (TPSA) is 20.3 Å². The first-order valence-electron chi connectivity index (χ1n) is 6.73. The summed E-state index contributed by atoms with van der Waals surface area (Å²) in [5, 5.41) is 0. The third-order valence-electron chi connectivity index (χ3n) is 4.43. The van der Waals surface area contributed by atoms with E-state index in [0.29, 0.717) is 6.42 Å². The van der Waals surface area contributed by atoms with Crippen molar-refractivity contribution in [2.75, 3.05) is 17.2 Å². The molecule has 0 aromatic heterocycles. The van der Waals surface area contributed by atoms with E-state index in [1.54, 1.807) is 0 Å². The lowest BCUT2D eigenvalue weighted by molar-refractivity contribution is -0.119. The molecule has 1 fully saturated rings. The second kappa shape index (κ2) is 4.61. The number of para-hydroxylation sites is 1. The maximum Gasteiger partial charge on any atom is 0.227 e. The van der Waals surface area contributed by atoms with Crippen LogP contribution < -0.4 is 4.90 Å². The minimum atomic E-state index is 0.267. The quantitative estimate of drug-likeness (QED) is 0.829. The largest absolute Gasteiger partial charge is 0.312 e. The van der Waals surface area contributed by atoms with Gasteiger partial charge in [-0.3, -0.25) is 4.79 Å². The maximum atomic E-state index is 12.2. The van der Waals surface area contributed by atoms with Crippen LogP contribution in [0.1, 0.15) is 31.2 Å². The van der Waals surface area contributed by atoms with Crippen LogP contribution in [0.5, 0.6) is 0 Å². The summed E-state index contributed by atoms with van der Waals surface area (Å²) in [7, 11) is 0. The Morgan fingerprint density at radius 1 is 1.22 bits per heavy atom. The highest BCUT2D eigenvalue weighted by molar-refractivity contribution is 7.80. The number of anilines is 1. The summed E-state index contributed by atoms with van der Waals surface area (Å²) in [4.78, 5) is 14.2. The number of benzene rings is 1. The van der Waals surface area contributed by atoms with Crippen molar-refractivity contribution in [3.05, 3.63) is 29.8 Å². The van der Waals surface area contributed by atoms with E-state index < -0.39 is 0 Å². The lowest BCUT2D eigenvalue weighted by Crippen LogP contribution is -2.47. The van der Waals surface area contributed by atoms with Crippen LogP contribution in [0.3, 0.4) is 0 Å². The summed E-state index contributed by atoms with van der Waals surface area (Å²) in [6, 6.07) is 8.31. The van der Waals surface area contributed by atoms with Gasteiger partial charge in [-0.25, -0.2) is 0 Å². The van der Waals surface area contributed by atoms with Gasteiger partial charge in [-0.1, -0.05) is 24.6 Å². The zero-order valence-electron chi connectivity index (χ0n) is 10.6. The van der Waals surface area contributed by atoms with E-state index in [4.69, 9.17) is 0 Å². The Balaban J connectivity index is 1.89.